The van der Waals surface area contributed by atoms with Crippen molar-refractivity contribution in [3.8, 4) is 0 Å². The first-order chi connectivity index (χ1) is 4.39. The van der Waals surface area contributed by atoms with Crippen molar-refractivity contribution in [2.75, 3.05) is 0 Å². The van der Waals surface area contributed by atoms with Gasteiger partial charge in [0.2, 0.25) is 0 Å². The molecular formula is C8H16N2. The van der Waals surface area contributed by atoms with Gasteiger partial charge >= 0.3 is 0 Å². The smallest absolute Gasteiger partial charge is 0.0270 e. The van der Waals surface area contributed by atoms with Crippen LogP contribution in [0, 0.1) is 6.92 Å². The van der Waals surface area contributed by atoms with E-state index < -0.39 is 0 Å². The highest BCUT2D eigenvalue weighted by atomic mass is 14.6. The van der Waals surface area contributed by atoms with Crippen molar-refractivity contribution in [3.05, 3.63) is 30.1 Å². The van der Waals surface area contributed by atoms with Crippen LogP contribution in [0.25, 0.3) is 0 Å². The largest absolute Gasteiger partial charge is 0.344 e. The molecule has 1 aromatic rings. The molecule has 0 aliphatic carbocycles. The Morgan fingerprint density at radius 1 is 1.10 bits per heavy atom. The second-order valence-corrected chi connectivity index (χ2v) is 1.52. The van der Waals surface area contributed by atoms with E-state index in [4.69, 9.17) is 0 Å². The summed E-state index contributed by atoms with van der Waals surface area (Å²) in [5, 5.41) is 0. The van der Waals surface area contributed by atoms with Crippen LogP contribution in [-0.2, 0) is 0 Å². The number of nitrogens with zero attached hydrogens (tertiary/aromatic N) is 1. The third-order valence-corrected chi connectivity index (χ3v) is 0.847. The van der Waals surface area contributed by atoms with Crippen LogP contribution in [0.3, 0.4) is 0 Å². The summed E-state index contributed by atoms with van der Waals surface area (Å²) >= 11 is 0. The van der Waals surface area contributed by atoms with Crippen LogP contribution in [0.5, 0.6) is 0 Å². The summed E-state index contributed by atoms with van der Waals surface area (Å²) in [5.41, 5.74) is 1.26. The van der Waals surface area contributed by atoms with E-state index in [0.29, 0.717) is 0 Å². The molecule has 0 radical (unpaired) electrons. The van der Waals surface area contributed by atoms with E-state index >= 15 is 0 Å². The monoisotopic (exact) mass is 140 g/mol. The lowest BCUT2D eigenvalue weighted by molar-refractivity contribution is 1.29. The Kier molecular flexibility index (Phi) is 9.61. The lowest BCUT2D eigenvalue weighted by atomic mass is 10.3. The van der Waals surface area contributed by atoms with E-state index in [2.05, 4.69) is 4.98 Å². The van der Waals surface area contributed by atoms with Gasteiger partial charge in [-0.2, -0.15) is 0 Å². The van der Waals surface area contributed by atoms with Crippen molar-refractivity contribution < 1.29 is 0 Å². The molecule has 58 valence electrons. The van der Waals surface area contributed by atoms with E-state index in [1.807, 2.05) is 32.9 Å². The van der Waals surface area contributed by atoms with Gasteiger partial charge in [0.25, 0.3) is 0 Å². The van der Waals surface area contributed by atoms with Crippen molar-refractivity contribution in [1.29, 1.82) is 0 Å². The quantitative estimate of drug-likeness (QED) is 0.602. The summed E-state index contributed by atoms with van der Waals surface area (Å²) in [7, 11) is 0. The Morgan fingerprint density at radius 3 is 1.70 bits per heavy atom. The fourth-order valence-corrected chi connectivity index (χ4v) is 0.426. The van der Waals surface area contributed by atoms with Crippen LogP contribution in [0.2, 0.25) is 0 Å². The number of aromatic nitrogens is 1. The van der Waals surface area contributed by atoms with Gasteiger partial charge in [-0.05, 0) is 24.6 Å². The Hall–Kier alpha value is -0.890. The van der Waals surface area contributed by atoms with Gasteiger partial charge in [0.15, 0.2) is 0 Å². The van der Waals surface area contributed by atoms with E-state index in [0.717, 1.165) is 0 Å². The van der Waals surface area contributed by atoms with Gasteiger partial charge < -0.3 is 6.15 Å². The van der Waals surface area contributed by atoms with Gasteiger partial charge in [0.05, 0.1) is 0 Å². The molecule has 0 unspecified atom stereocenters. The minimum absolute atomic E-state index is 0. The molecule has 1 aromatic heterocycles. The summed E-state index contributed by atoms with van der Waals surface area (Å²) in [6, 6.07) is 3.94. The fourth-order valence-electron chi connectivity index (χ4n) is 0.426. The predicted molar refractivity (Wildman–Crippen MR) is 45.3 cm³/mol. The molecule has 0 spiro atoms. The van der Waals surface area contributed by atoms with Crippen molar-refractivity contribution in [2.24, 2.45) is 0 Å². The van der Waals surface area contributed by atoms with Gasteiger partial charge in [-0.15, -0.1) is 0 Å². The summed E-state index contributed by atoms with van der Waals surface area (Å²) < 4.78 is 0. The number of aryl methyl sites for hydroxylation is 1. The highest BCUT2D eigenvalue weighted by Gasteiger charge is 1.72. The molecule has 0 aliphatic heterocycles. The molecule has 2 heteroatoms. The van der Waals surface area contributed by atoms with E-state index in [-0.39, 0.29) is 6.15 Å². The Balaban J connectivity index is 0. The topological polar surface area (TPSA) is 47.9 Å². The molecule has 0 amide bonds. The van der Waals surface area contributed by atoms with Crippen LogP contribution in [0.4, 0.5) is 0 Å². The molecule has 0 bridgehead atoms. The molecule has 0 aromatic carbocycles. The maximum atomic E-state index is 3.85. The molecule has 0 fully saturated rings. The third kappa shape index (κ3) is 5.25. The van der Waals surface area contributed by atoms with Crippen molar-refractivity contribution in [3.63, 3.8) is 0 Å². The first kappa shape index (κ1) is 11.9. The average molecular weight is 140 g/mol. The van der Waals surface area contributed by atoms with Crippen LogP contribution < -0.4 is 6.15 Å². The molecule has 1 heterocycles. The molecule has 0 aliphatic rings. The molecule has 1 rings (SSSR count). The highest BCUT2D eigenvalue weighted by molar-refractivity contribution is 5.05. The number of hydrogen-bond donors (Lipinski definition) is 1. The van der Waals surface area contributed by atoms with Gasteiger partial charge in [-0.3, -0.25) is 4.98 Å². The second kappa shape index (κ2) is 8.11. The number of hydrogen-bond acceptors (Lipinski definition) is 2. The lowest BCUT2D eigenvalue weighted by Gasteiger charge is -1.82. The zero-order valence-corrected chi connectivity index (χ0v) is 6.96. The summed E-state index contributed by atoms with van der Waals surface area (Å²) in [5.74, 6) is 0. The van der Waals surface area contributed by atoms with Crippen LogP contribution in [0.1, 0.15) is 19.4 Å². The normalized spacial score (nSPS) is 6.70. The van der Waals surface area contributed by atoms with Crippen LogP contribution in [-0.4, -0.2) is 4.98 Å². The molecule has 0 atom stereocenters. The average Bonchev–Trinajstić information content (AvgIpc) is 1.94. The van der Waals surface area contributed by atoms with Crippen LogP contribution >= 0.6 is 0 Å². The standard InChI is InChI=1S/C6H7N.C2H6.H3N/c1-6-2-4-7-5-3-6;1-2;/h2-5H,1H3;1-2H3;1H3. The van der Waals surface area contributed by atoms with E-state index in [1.54, 1.807) is 12.4 Å². The maximum Gasteiger partial charge on any atom is 0.0270 e. The predicted octanol–water partition coefficient (Wildman–Crippen LogP) is 2.58. The van der Waals surface area contributed by atoms with Crippen LogP contribution in [0.15, 0.2) is 24.5 Å². The Bertz CT molecular complexity index is 137. The first-order valence-corrected chi connectivity index (χ1v) is 3.26. The summed E-state index contributed by atoms with van der Waals surface area (Å²) in [4.78, 5) is 3.85. The number of rotatable bonds is 0. The summed E-state index contributed by atoms with van der Waals surface area (Å²) in [6.07, 6.45) is 3.57. The van der Waals surface area contributed by atoms with Crippen molar-refractivity contribution >= 4 is 0 Å². The molecule has 2 nitrogen and oxygen atoms in total. The SMILES string of the molecule is CC.Cc1ccncc1.N. The van der Waals surface area contributed by atoms with Gasteiger partial charge in [0, 0.05) is 12.4 Å². The minimum Gasteiger partial charge on any atom is -0.344 e. The first-order valence-electron chi connectivity index (χ1n) is 3.26. The van der Waals surface area contributed by atoms with Gasteiger partial charge in [-0.1, -0.05) is 13.8 Å². The summed E-state index contributed by atoms with van der Waals surface area (Å²) in [6.45, 7) is 6.04. The third-order valence-electron chi connectivity index (χ3n) is 0.847. The molecule has 10 heavy (non-hydrogen) atoms. The molecule has 0 saturated heterocycles. The van der Waals surface area contributed by atoms with E-state index in [9.17, 15) is 0 Å². The lowest BCUT2D eigenvalue weighted by Crippen LogP contribution is -1.68. The second-order valence-electron chi connectivity index (χ2n) is 1.52. The zero-order chi connectivity index (χ0) is 7.11. The maximum absolute atomic E-state index is 3.85. The number of pyridine rings is 1. The Labute approximate surface area is 62.9 Å². The van der Waals surface area contributed by atoms with E-state index in [1.165, 1.54) is 5.56 Å². The van der Waals surface area contributed by atoms with Gasteiger partial charge in [0.1, 0.15) is 0 Å². The van der Waals surface area contributed by atoms with Gasteiger partial charge in [-0.25, -0.2) is 0 Å². The van der Waals surface area contributed by atoms with Crippen molar-refractivity contribution in [2.45, 2.75) is 20.8 Å². The molecule has 3 N–H and O–H groups in total. The van der Waals surface area contributed by atoms with Crippen molar-refractivity contribution in [1.82, 2.24) is 11.1 Å². The fraction of sp³-hybridized carbons (Fsp3) is 0.375. The molecular weight excluding hydrogens is 124 g/mol. The minimum atomic E-state index is 0. The highest BCUT2D eigenvalue weighted by Crippen LogP contribution is 1.88. The molecule has 0 saturated carbocycles. The Morgan fingerprint density at radius 2 is 1.50 bits per heavy atom. The zero-order valence-electron chi connectivity index (χ0n) is 6.96.